The molecule has 10 heteroatoms. The summed E-state index contributed by atoms with van der Waals surface area (Å²) in [4.78, 5) is 23.3. The number of carbonyl (C=O) groups excluding carboxylic acids is 1. The van der Waals surface area contributed by atoms with Crippen molar-refractivity contribution in [3.63, 3.8) is 0 Å². The Morgan fingerprint density at radius 1 is 1.30 bits per heavy atom. The summed E-state index contributed by atoms with van der Waals surface area (Å²) in [5, 5.41) is 9.22. The number of nitrogens with two attached hydrogens (primary N) is 1. The van der Waals surface area contributed by atoms with Gasteiger partial charge in [0.05, 0.1) is 36.0 Å². The first-order valence-electron chi connectivity index (χ1n) is 10.8. The van der Waals surface area contributed by atoms with Crippen LogP contribution in [0.4, 0.5) is 15.8 Å². The van der Waals surface area contributed by atoms with Crippen molar-refractivity contribution in [2.75, 3.05) is 23.3 Å². The molecule has 4 N–H and O–H groups in total. The minimum absolute atomic E-state index is 0.0183. The predicted octanol–water partition coefficient (Wildman–Crippen LogP) is 3.70. The van der Waals surface area contributed by atoms with Gasteiger partial charge < -0.3 is 20.9 Å². The van der Waals surface area contributed by atoms with E-state index in [0.29, 0.717) is 36.7 Å². The van der Waals surface area contributed by atoms with E-state index >= 15 is 0 Å². The molecule has 1 saturated heterocycles. The number of para-hydroxylation sites is 1. The maximum Gasteiger partial charge on any atom is 0.291 e. The topological polar surface area (TPSA) is 105 Å². The van der Waals surface area contributed by atoms with Crippen molar-refractivity contribution >= 4 is 28.6 Å². The van der Waals surface area contributed by atoms with Gasteiger partial charge in [-0.2, -0.15) is 5.10 Å². The molecule has 1 atom stereocenters. The molecular weight excluding hydrogens is 441 g/mol. The van der Waals surface area contributed by atoms with Gasteiger partial charge in [0.25, 0.3) is 5.91 Å². The third kappa shape index (κ3) is 4.67. The first-order valence-corrected chi connectivity index (χ1v) is 11.7. The van der Waals surface area contributed by atoms with Crippen LogP contribution >= 0.6 is 11.3 Å². The molecule has 170 valence electrons. The van der Waals surface area contributed by atoms with Crippen molar-refractivity contribution in [3.8, 4) is 11.3 Å². The van der Waals surface area contributed by atoms with Crippen LogP contribution in [0.1, 0.15) is 28.3 Å². The van der Waals surface area contributed by atoms with E-state index in [0.717, 1.165) is 18.4 Å². The maximum atomic E-state index is 14.7. The van der Waals surface area contributed by atoms with Gasteiger partial charge in [0.1, 0.15) is 5.82 Å². The zero-order valence-corrected chi connectivity index (χ0v) is 18.7. The summed E-state index contributed by atoms with van der Waals surface area (Å²) in [5.74, 6) is -0.692. The fraction of sp³-hybridized carbons (Fsp3) is 0.261. The molecule has 1 aromatic carbocycles. The van der Waals surface area contributed by atoms with Crippen LogP contribution in [0.2, 0.25) is 0 Å². The van der Waals surface area contributed by atoms with E-state index in [9.17, 15) is 9.18 Å². The zero-order valence-electron chi connectivity index (χ0n) is 17.9. The Kier molecular flexibility index (Phi) is 5.93. The Balaban J connectivity index is 1.32. The average Bonchev–Trinajstić information content (AvgIpc) is 3.56. The number of aromatic nitrogens is 4. The molecule has 1 amide bonds. The summed E-state index contributed by atoms with van der Waals surface area (Å²) in [6.45, 7) is 1.92. The smallest absolute Gasteiger partial charge is 0.291 e. The van der Waals surface area contributed by atoms with Gasteiger partial charge in [-0.25, -0.2) is 9.37 Å². The standard InChI is InChI=1S/C23H24FN7OS/c24-18-6-1-7-19(21(18)30-8-2-4-16(25)13-30)29-23(32)22-26-11-20(28-22)15-10-27-31(12-15)14-17-5-3-9-33-17/h1,3,5-7,9-12,16H,2,4,8,13-14,25H2,(H,26,28)(H,29,32). The summed E-state index contributed by atoms with van der Waals surface area (Å²) >= 11 is 1.67. The number of benzene rings is 1. The van der Waals surface area contributed by atoms with Crippen LogP contribution in [0.3, 0.4) is 0 Å². The lowest BCUT2D eigenvalue weighted by molar-refractivity contribution is 0.101. The normalized spacial score (nSPS) is 16.2. The van der Waals surface area contributed by atoms with Crippen molar-refractivity contribution in [1.82, 2.24) is 19.7 Å². The highest BCUT2D eigenvalue weighted by atomic mass is 32.1. The van der Waals surface area contributed by atoms with Crippen molar-refractivity contribution in [2.24, 2.45) is 5.73 Å². The molecule has 0 aliphatic carbocycles. The van der Waals surface area contributed by atoms with Gasteiger partial charge in [-0.1, -0.05) is 12.1 Å². The minimum Gasteiger partial charge on any atom is -0.366 e. The second-order valence-corrected chi connectivity index (χ2v) is 9.12. The quantitative estimate of drug-likeness (QED) is 0.403. The predicted molar refractivity (Wildman–Crippen MR) is 127 cm³/mol. The van der Waals surface area contributed by atoms with Gasteiger partial charge in [-0.15, -0.1) is 11.3 Å². The number of amides is 1. The molecule has 0 bridgehead atoms. The molecule has 1 fully saturated rings. The highest BCUT2D eigenvalue weighted by Gasteiger charge is 2.23. The van der Waals surface area contributed by atoms with E-state index < -0.39 is 5.91 Å². The summed E-state index contributed by atoms with van der Waals surface area (Å²) in [5.41, 5.74) is 8.35. The lowest BCUT2D eigenvalue weighted by Crippen LogP contribution is -2.43. The van der Waals surface area contributed by atoms with Crippen LogP contribution < -0.4 is 16.0 Å². The number of aromatic amines is 1. The number of hydrogen-bond donors (Lipinski definition) is 3. The van der Waals surface area contributed by atoms with Crippen molar-refractivity contribution < 1.29 is 9.18 Å². The van der Waals surface area contributed by atoms with Crippen LogP contribution in [0.15, 0.2) is 54.3 Å². The second-order valence-electron chi connectivity index (χ2n) is 8.09. The highest BCUT2D eigenvalue weighted by Crippen LogP contribution is 2.31. The molecule has 5 rings (SSSR count). The van der Waals surface area contributed by atoms with Gasteiger partial charge in [0, 0.05) is 35.8 Å². The molecular formula is C23H24FN7OS. The number of halogens is 1. The molecule has 1 unspecified atom stereocenters. The third-order valence-electron chi connectivity index (χ3n) is 5.64. The van der Waals surface area contributed by atoms with Crippen LogP contribution in [0.5, 0.6) is 0 Å². The Labute approximate surface area is 194 Å². The molecule has 0 saturated carbocycles. The van der Waals surface area contributed by atoms with Gasteiger partial charge in [0.15, 0.2) is 5.82 Å². The van der Waals surface area contributed by atoms with Crippen molar-refractivity contribution in [3.05, 3.63) is 70.8 Å². The van der Waals surface area contributed by atoms with Crippen LogP contribution in [-0.4, -0.2) is 44.8 Å². The lowest BCUT2D eigenvalue weighted by atomic mass is 10.1. The minimum atomic E-state index is -0.444. The molecule has 4 heterocycles. The first-order chi connectivity index (χ1) is 16.1. The summed E-state index contributed by atoms with van der Waals surface area (Å²) in [7, 11) is 0. The molecule has 1 aliphatic rings. The van der Waals surface area contributed by atoms with E-state index in [1.165, 1.54) is 10.9 Å². The molecule has 0 spiro atoms. The zero-order chi connectivity index (χ0) is 22.8. The van der Waals surface area contributed by atoms with Gasteiger partial charge in [-0.05, 0) is 36.4 Å². The highest BCUT2D eigenvalue weighted by molar-refractivity contribution is 7.09. The SMILES string of the molecule is NC1CCCN(c2c(F)cccc2NC(=O)c2ncc(-c3cnn(Cc4cccs4)c3)[nH]2)C1. The average molecular weight is 466 g/mol. The van der Waals surface area contributed by atoms with Crippen LogP contribution in [0.25, 0.3) is 11.3 Å². The molecule has 33 heavy (non-hydrogen) atoms. The monoisotopic (exact) mass is 465 g/mol. The number of rotatable bonds is 6. The third-order valence-corrected chi connectivity index (χ3v) is 6.50. The second kappa shape index (κ2) is 9.16. The summed E-state index contributed by atoms with van der Waals surface area (Å²) < 4.78 is 16.5. The largest absolute Gasteiger partial charge is 0.366 e. The number of nitrogens with zero attached hydrogens (tertiary/aromatic N) is 4. The number of piperidine rings is 1. The number of thiophene rings is 1. The molecule has 0 radical (unpaired) electrons. The van der Waals surface area contributed by atoms with E-state index in [4.69, 9.17) is 5.73 Å². The van der Waals surface area contributed by atoms with Crippen molar-refractivity contribution in [2.45, 2.75) is 25.4 Å². The molecule has 1 aliphatic heterocycles. The van der Waals surface area contributed by atoms with Crippen LogP contribution in [-0.2, 0) is 6.54 Å². The lowest BCUT2D eigenvalue weighted by Gasteiger charge is -2.34. The number of imidazole rings is 1. The van der Waals surface area contributed by atoms with Gasteiger partial charge in [-0.3, -0.25) is 9.48 Å². The number of nitrogens with one attached hydrogen (secondary N) is 2. The molecule has 3 aromatic heterocycles. The number of anilines is 2. The van der Waals surface area contributed by atoms with Crippen LogP contribution in [0, 0.1) is 5.82 Å². The van der Waals surface area contributed by atoms with Gasteiger partial charge >= 0.3 is 0 Å². The van der Waals surface area contributed by atoms with E-state index in [-0.39, 0.29) is 17.7 Å². The number of carbonyl (C=O) groups is 1. The molecule has 4 aromatic rings. The number of H-pyrrole nitrogens is 1. The summed E-state index contributed by atoms with van der Waals surface area (Å²) in [6.07, 6.45) is 7.01. The molecule has 8 nitrogen and oxygen atoms in total. The van der Waals surface area contributed by atoms with E-state index in [2.05, 4.69) is 26.4 Å². The number of hydrogen-bond acceptors (Lipinski definition) is 6. The Morgan fingerprint density at radius 2 is 2.21 bits per heavy atom. The summed E-state index contributed by atoms with van der Waals surface area (Å²) in [6, 6.07) is 8.71. The van der Waals surface area contributed by atoms with E-state index in [1.54, 1.807) is 35.9 Å². The van der Waals surface area contributed by atoms with Gasteiger partial charge in [0.2, 0.25) is 0 Å². The first kappa shape index (κ1) is 21.4. The van der Waals surface area contributed by atoms with E-state index in [1.807, 2.05) is 27.2 Å². The fourth-order valence-corrected chi connectivity index (χ4v) is 4.76. The Bertz CT molecular complexity index is 1250. The Morgan fingerprint density at radius 3 is 3.03 bits per heavy atom. The fourth-order valence-electron chi connectivity index (χ4n) is 4.07. The Hall–Kier alpha value is -3.50. The van der Waals surface area contributed by atoms with Crippen molar-refractivity contribution in [1.29, 1.82) is 0 Å². The maximum absolute atomic E-state index is 14.7.